The number of aryl methyl sites for hydroxylation is 1. The normalized spacial score (nSPS) is 11.2. The van der Waals surface area contributed by atoms with Gasteiger partial charge < -0.3 is 14.9 Å². The predicted molar refractivity (Wildman–Crippen MR) is 109 cm³/mol. The Morgan fingerprint density at radius 3 is 2.03 bits per heavy atom. The molecule has 0 spiro atoms. The molecular weight excluding hydrogens is 429 g/mol. The third kappa shape index (κ3) is 7.01. The van der Waals surface area contributed by atoms with Crippen molar-refractivity contribution in [2.45, 2.75) is 26.2 Å². The van der Waals surface area contributed by atoms with E-state index in [-0.39, 0.29) is 11.7 Å². The van der Waals surface area contributed by atoms with Crippen molar-refractivity contribution >= 4 is 17.7 Å². The first-order chi connectivity index (χ1) is 14.9. The Morgan fingerprint density at radius 2 is 1.53 bits per heavy atom. The number of nitrogens with zero attached hydrogens (tertiary/aromatic N) is 6. The van der Waals surface area contributed by atoms with E-state index >= 15 is 0 Å². The number of carbonyl (C=O) groups excluding carboxylic acids is 1. The number of hydrogen-bond donors (Lipinski definition) is 1. The minimum atomic E-state index is -5.08. The summed E-state index contributed by atoms with van der Waals surface area (Å²) < 4.78 is 33.3. The quantitative estimate of drug-likeness (QED) is 0.634. The summed E-state index contributed by atoms with van der Waals surface area (Å²) in [7, 11) is 5.83. The van der Waals surface area contributed by atoms with Gasteiger partial charge >= 0.3 is 12.1 Å². The van der Waals surface area contributed by atoms with Gasteiger partial charge in [-0.15, -0.1) is 5.10 Å². The van der Waals surface area contributed by atoms with E-state index in [9.17, 15) is 18.0 Å². The van der Waals surface area contributed by atoms with E-state index in [1.165, 1.54) is 10.1 Å². The number of aliphatic carboxylic acids is 1. The summed E-state index contributed by atoms with van der Waals surface area (Å²) in [6.45, 7) is 3.28. The minimum Gasteiger partial charge on any atom is -0.475 e. The standard InChI is InChI=1S/C18H22N6O.C2HF3O2/c1-13-9-10-24-18(19-13)20-16(21-24)17(25)23(4)12-15-7-5-14(6-8-15)11-22(2)3;3-2(4,5)1(6)7/h5-10H,11-12H2,1-4H3;(H,6,7). The molecule has 0 fully saturated rings. The van der Waals surface area contributed by atoms with Crippen LogP contribution in [0.5, 0.6) is 0 Å². The number of carbonyl (C=O) groups is 2. The molecule has 12 heteroatoms. The molecule has 0 bridgehead atoms. The molecular formula is C20H23F3N6O3. The van der Waals surface area contributed by atoms with E-state index in [1.807, 2.05) is 39.2 Å². The summed E-state index contributed by atoms with van der Waals surface area (Å²) in [4.78, 5) is 33.7. The summed E-state index contributed by atoms with van der Waals surface area (Å²) >= 11 is 0. The SMILES string of the molecule is Cc1ccn2nc(C(=O)N(C)Cc3ccc(CN(C)C)cc3)nc2n1.O=C(O)C(F)(F)F. The fraction of sp³-hybridized carbons (Fsp3) is 0.350. The maximum Gasteiger partial charge on any atom is 0.490 e. The second-order valence-electron chi connectivity index (χ2n) is 7.27. The lowest BCUT2D eigenvalue weighted by atomic mass is 10.1. The first-order valence-electron chi connectivity index (χ1n) is 9.35. The second-order valence-corrected chi connectivity index (χ2v) is 7.27. The number of aromatic nitrogens is 4. The molecule has 0 saturated heterocycles. The van der Waals surface area contributed by atoms with Crippen LogP contribution >= 0.6 is 0 Å². The van der Waals surface area contributed by atoms with Crippen molar-refractivity contribution in [2.24, 2.45) is 0 Å². The Morgan fingerprint density at radius 1 is 1.00 bits per heavy atom. The van der Waals surface area contributed by atoms with E-state index in [0.29, 0.717) is 12.3 Å². The fourth-order valence-corrected chi connectivity index (χ4v) is 2.59. The van der Waals surface area contributed by atoms with Crippen LogP contribution in [0, 0.1) is 6.92 Å². The van der Waals surface area contributed by atoms with Crippen LogP contribution < -0.4 is 0 Å². The zero-order chi connectivity index (χ0) is 24.1. The van der Waals surface area contributed by atoms with Crippen LogP contribution in [-0.2, 0) is 17.9 Å². The van der Waals surface area contributed by atoms with Crippen LogP contribution in [0.3, 0.4) is 0 Å². The zero-order valence-electron chi connectivity index (χ0n) is 18.0. The van der Waals surface area contributed by atoms with Gasteiger partial charge in [-0.25, -0.2) is 14.3 Å². The van der Waals surface area contributed by atoms with Gasteiger partial charge in [0.15, 0.2) is 0 Å². The largest absolute Gasteiger partial charge is 0.490 e. The van der Waals surface area contributed by atoms with Gasteiger partial charge in [0.05, 0.1) is 0 Å². The fourth-order valence-electron chi connectivity index (χ4n) is 2.59. The summed E-state index contributed by atoms with van der Waals surface area (Å²) in [6, 6.07) is 10.1. The van der Waals surface area contributed by atoms with Crippen LogP contribution in [0.2, 0.25) is 0 Å². The zero-order valence-corrected chi connectivity index (χ0v) is 18.0. The highest BCUT2D eigenvalue weighted by Crippen LogP contribution is 2.13. The van der Waals surface area contributed by atoms with E-state index in [0.717, 1.165) is 17.8 Å². The third-order valence-corrected chi connectivity index (χ3v) is 4.07. The van der Waals surface area contributed by atoms with Crippen molar-refractivity contribution in [1.29, 1.82) is 0 Å². The predicted octanol–water partition coefficient (Wildman–Crippen LogP) is 2.40. The molecule has 1 N–H and O–H groups in total. The van der Waals surface area contributed by atoms with Crippen molar-refractivity contribution in [3.8, 4) is 0 Å². The molecule has 1 aromatic carbocycles. The average molecular weight is 452 g/mol. The lowest BCUT2D eigenvalue weighted by Gasteiger charge is -2.16. The molecule has 32 heavy (non-hydrogen) atoms. The molecule has 0 aliphatic heterocycles. The number of carboxylic acid groups (broad SMARTS) is 1. The number of carboxylic acids is 1. The Bertz CT molecular complexity index is 1080. The number of halogens is 3. The van der Waals surface area contributed by atoms with Gasteiger partial charge in [-0.1, -0.05) is 24.3 Å². The molecule has 2 aromatic heterocycles. The molecule has 0 atom stereocenters. The molecule has 172 valence electrons. The van der Waals surface area contributed by atoms with Crippen molar-refractivity contribution in [1.82, 2.24) is 29.4 Å². The van der Waals surface area contributed by atoms with Gasteiger partial charge in [0, 0.05) is 32.0 Å². The molecule has 9 nitrogen and oxygen atoms in total. The van der Waals surface area contributed by atoms with E-state index < -0.39 is 12.1 Å². The molecule has 2 heterocycles. The lowest BCUT2D eigenvalue weighted by molar-refractivity contribution is -0.192. The smallest absolute Gasteiger partial charge is 0.475 e. The summed E-state index contributed by atoms with van der Waals surface area (Å²) in [5, 5.41) is 11.3. The highest BCUT2D eigenvalue weighted by molar-refractivity contribution is 5.90. The monoisotopic (exact) mass is 452 g/mol. The molecule has 0 aliphatic rings. The van der Waals surface area contributed by atoms with Crippen LogP contribution in [-0.4, -0.2) is 73.7 Å². The molecule has 0 radical (unpaired) electrons. The summed E-state index contributed by atoms with van der Waals surface area (Å²) in [5.41, 5.74) is 3.15. The van der Waals surface area contributed by atoms with Gasteiger partial charge in [0.2, 0.25) is 5.82 Å². The number of rotatable bonds is 5. The van der Waals surface area contributed by atoms with Crippen LogP contribution in [0.4, 0.5) is 13.2 Å². The van der Waals surface area contributed by atoms with Gasteiger partial charge in [-0.2, -0.15) is 18.2 Å². The topological polar surface area (TPSA) is 104 Å². The second kappa shape index (κ2) is 10.2. The highest BCUT2D eigenvalue weighted by atomic mass is 19.4. The number of fused-ring (bicyclic) bond motifs is 1. The van der Waals surface area contributed by atoms with Crippen molar-refractivity contribution in [2.75, 3.05) is 21.1 Å². The maximum absolute atomic E-state index is 12.6. The van der Waals surface area contributed by atoms with E-state index in [1.54, 1.807) is 18.1 Å². The molecule has 1 amide bonds. The molecule has 3 aromatic rings. The molecule has 0 aliphatic carbocycles. The van der Waals surface area contributed by atoms with Gasteiger partial charge in [-0.3, -0.25) is 4.79 Å². The lowest BCUT2D eigenvalue weighted by Crippen LogP contribution is -2.27. The van der Waals surface area contributed by atoms with Crippen molar-refractivity contribution in [3.05, 3.63) is 59.2 Å². The minimum absolute atomic E-state index is 0.157. The van der Waals surface area contributed by atoms with Gasteiger partial charge in [-0.05, 0) is 38.2 Å². The van der Waals surface area contributed by atoms with E-state index in [2.05, 4.69) is 32.1 Å². The van der Waals surface area contributed by atoms with Crippen molar-refractivity contribution < 1.29 is 27.9 Å². The Kier molecular flexibility index (Phi) is 7.87. The van der Waals surface area contributed by atoms with Crippen LogP contribution in [0.15, 0.2) is 36.5 Å². The van der Waals surface area contributed by atoms with Crippen LogP contribution in [0.1, 0.15) is 27.4 Å². The van der Waals surface area contributed by atoms with Crippen LogP contribution in [0.25, 0.3) is 5.78 Å². The Balaban J connectivity index is 0.000000451. The van der Waals surface area contributed by atoms with Gasteiger partial charge in [0.25, 0.3) is 11.7 Å². The number of hydrogen-bond acceptors (Lipinski definition) is 6. The number of amides is 1. The Labute approximate surface area is 182 Å². The van der Waals surface area contributed by atoms with Crippen molar-refractivity contribution in [3.63, 3.8) is 0 Å². The van der Waals surface area contributed by atoms with E-state index in [4.69, 9.17) is 9.90 Å². The molecule has 3 rings (SSSR count). The first-order valence-corrected chi connectivity index (χ1v) is 9.35. The molecule has 0 saturated carbocycles. The average Bonchev–Trinajstić information content (AvgIpc) is 3.11. The summed E-state index contributed by atoms with van der Waals surface area (Å²) in [5.74, 6) is -2.39. The maximum atomic E-state index is 12.6. The first kappa shape index (κ1) is 24.7. The number of benzene rings is 1. The third-order valence-electron chi connectivity index (χ3n) is 4.07. The highest BCUT2D eigenvalue weighted by Gasteiger charge is 2.38. The summed E-state index contributed by atoms with van der Waals surface area (Å²) in [6.07, 6.45) is -3.33. The number of alkyl halides is 3. The molecule has 0 unspecified atom stereocenters. The Hall–Kier alpha value is -3.54. The van der Waals surface area contributed by atoms with Gasteiger partial charge in [0.1, 0.15) is 0 Å².